The van der Waals surface area contributed by atoms with Crippen LogP contribution in [0.5, 0.6) is 0 Å². The standard InChI is InChI=1S/C16H20FN2.C10H20.3CH3.Ti/c17-14-10-6-7-12-11-19(16(18)15(12)14)13-8-4-2-1-3-5-9-13;1-6-7(2)9(4)10(5)8(6)3;;;;/h6-7,10,13H,1-5,8-9,11H2;6-10H,1-5H3;3*1H3;/q-1;;3*-1;+4. The molecule has 0 spiro atoms. The summed E-state index contributed by atoms with van der Waals surface area (Å²) < 4.78 is 13.8. The third kappa shape index (κ3) is 7.66. The molecule has 4 rings (SSSR count). The maximum Gasteiger partial charge on any atom is 4.00 e. The van der Waals surface area contributed by atoms with Gasteiger partial charge in [0.1, 0.15) is 5.82 Å². The van der Waals surface area contributed by atoms with Gasteiger partial charge in [0, 0.05) is 5.56 Å². The van der Waals surface area contributed by atoms with Gasteiger partial charge in [-0.15, -0.1) is 0 Å². The van der Waals surface area contributed by atoms with Crippen molar-refractivity contribution < 1.29 is 26.1 Å². The van der Waals surface area contributed by atoms with Gasteiger partial charge in [0.15, 0.2) is 0 Å². The average Bonchev–Trinajstić information content (AvgIpc) is 3.10. The molecule has 0 atom stereocenters. The second-order valence-electron chi connectivity index (χ2n) is 10.0. The Hall–Kier alpha value is -0.666. The summed E-state index contributed by atoms with van der Waals surface area (Å²) in [7, 11) is 0. The Morgan fingerprint density at radius 2 is 1.18 bits per heavy atom. The molecule has 1 aliphatic heterocycles. The van der Waals surface area contributed by atoms with E-state index >= 15 is 0 Å². The number of hydrogen-bond acceptors (Lipinski definition) is 0. The third-order valence-corrected chi connectivity index (χ3v) is 8.60. The third-order valence-electron chi connectivity index (χ3n) is 8.60. The Morgan fingerprint density at radius 1 is 0.758 bits per heavy atom. The normalized spacial score (nSPS) is 29.0. The van der Waals surface area contributed by atoms with Crippen LogP contribution in [0.2, 0.25) is 0 Å². The monoisotopic (exact) mass is 492 g/mol. The first-order valence-electron chi connectivity index (χ1n) is 11.9. The predicted octanol–water partition coefficient (Wildman–Crippen LogP) is 8.60. The zero-order chi connectivity index (χ0) is 21.1. The van der Waals surface area contributed by atoms with Crippen molar-refractivity contribution in [3.05, 3.63) is 62.8 Å². The first-order valence-corrected chi connectivity index (χ1v) is 11.9. The number of benzene rings is 1. The van der Waals surface area contributed by atoms with Gasteiger partial charge in [-0.3, -0.25) is 0 Å². The van der Waals surface area contributed by atoms with Crippen LogP contribution >= 0.6 is 0 Å². The maximum absolute atomic E-state index is 13.8. The molecule has 0 N–H and O–H groups in total. The Bertz CT molecular complexity index is 654. The summed E-state index contributed by atoms with van der Waals surface area (Å²) in [4.78, 5) is 2.01. The summed E-state index contributed by atoms with van der Waals surface area (Å²) >= 11 is 0. The molecule has 0 aromatic heterocycles. The summed E-state index contributed by atoms with van der Waals surface area (Å²) in [6.07, 6.45) is 8.55. The van der Waals surface area contributed by atoms with E-state index in [-0.39, 0.29) is 55.7 Å². The largest absolute Gasteiger partial charge is 4.00 e. The fraction of sp³-hybridized carbons (Fsp3) is 0.655. The van der Waals surface area contributed by atoms with Crippen molar-refractivity contribution in [2.24, 2.45) is 29.6 Å². The molecule has 1 aromatic rings. The average molecular weight is 493 g/mol. The summed E-state index contributed by atoms with van der Waals surface area (Å²) in [5.74, 6) is 4.53. The fourth-order valence-electron chi connectivity index (χ4n) is 5.80. The van der Waals surface area contributed by atoms with Crippen LogP contribution < -0.4 is 0 Å². The molecular weight excluding hydrogens is 443 g/mol. The van der Waals surface area contributed by atoms with Crippen LogP contribution in [0.1, 0.15) is 90.7 Å². The summed E-state index contributed by atoms with van der Waals surface area (Å²) in [5.41, 5.74) is 1.34. The van der Waals surface area contributed by atoms with Crippen molar-refractivity contribution in [3.8, 4) is 0 Å². The van der Waals surface area contributed by atoms with Crippen molar-refractivity contribution in [3.63, 3.8) is 0 Å². The number of rotatable bonds is 1. The van der Waals surface area contributed by atoms with Crippen molar-refractivity contribution in [2.45, 2.75) is 92.2 Å². The number of hydrogen-bond donors (Lipinski definition) is 0. The zero-order valence-corrected chi connectivity index (χ0v) is 24.2. The van der Waals surface area contributed by atoms with E-state index in [1.54, 1.807) is 6.07 Å². The molecule has 0 bridgehead atoms. The van der Waals surface area contributed by atoms with Gasteiger partial charge in [-0.1, -0.05) is 97.5 Å². The van der Waals surface area contributed by atoms with Crippen LogP contribution in [0.15, 0.2) is 18.2 Å². The molecule has 4 heteroatoms. The van der Waals surface area contributed by atoms with E-state index in [1.807, 2.05) is 11.0 Å². The van der Waals surface area contributed by atoms with Crippen LogP contribution in [0.25, 0.3) is 5.41 Å². The number of fused-ring (bicyclic) bond motifs is 1. The van der Waals surface area contributed by atoms with Crippen molar-refractivity contribution >= 4 is 5.84 Å². The minimum Gasteiger partial charge on any atom is -0.464 e. The summed E-state index contributed by atoms with van der Waals surface area (Å²) in [6.45, 7) is 12.6. The molecule has 1 aromatic carbocycles. The van der Waals surface area contributed by atoms with E-state index in [4.69, 9.17) is 0 Å². The Labute approximate surface area is 220 Å². The molecule has 0 unspecified atom stereocenters. The van der Waals surface area contributed by atoms with E-state index in [2.05, 4.69) is 34.6 Å². The van der Waals surface area contributed by atoms with E-state index in [9.17, 15) is 9.80 Å². The Morgan fingerprint density at radius 3 is 1.61 bits per heavy atom. The van der Waals surface area contributed by atoms with Gasteiger partial charge >= 0.3 is 21.7 Å². The van der Waals surface area contributed by atoms with Gasteiger partial charge in [0.2, 0.25) is 0 Å². The number of nitrogens with zero attached hydrogens (tertiary/aromatic N) is 2. The Balaban J connectivity index is 0. The molecule has 0 radical (unpaired) electrons. The van der Waals surface area contributed by atoms with Crippen LogP contribution in [0.4, 0.5) is 4.39 Å². The van der Waals surface area contributed by atoms with Crippen molar-refractivity contribution in [1.29, 1.82) is 0 Å². The van der Waals surface area contributed by atoms with Crippen molar-refractivity contribution in [2.75, 3.05) is 0 Å². The van der Waals surface area contributed by atoms with Crippen molar-refractivity contribution in [1.82, 2.24) is 4.90 Å². The molecule has 3 aliphatic rings. The van der Waals surface area contributed by atoms with Gasteiger partial charge in [-0.2, -0.15) is 0 Å². The molecule has 0 saturated heterocycles. The van der Waals surface area contributed by atoms with Crippen LogP contribution in [-0.2, 0) is 28.3 Å². The fourth-order valence-corrected chi connectivity index (χ4v) is 5.80. The molecular formula is C29H49FN2Ti. The Kier molecular flexibility index (Phi) is 16.1. The number of amidine groups is 1. The minimum atomic E-state index is -0.302. The van der Waals surface area contributed by atoms with E-state index in [0.29, 0.717) is 18.2 Å². The van der Waals surface area contributed by atoms with Crippen LogP contribution in [-0.4, -0.2) is 16.8 Å². The van der Waals surface area contributed by atoms with Gasteiger partial charge in [0.25, 0.3) is 0 Å². The SMILES string of the molecule is CC1C(C)C(C)C(C)C1C.[CH3-].[CH3-].[CH3-].[N-]=C1c2c(F)cccc2CN1C1CCCCCCC1.[Ti+4]. The molecule has 2 saturated carbocycles. The van der Waals surface area contributed by atoms with Gasteiger partial charge in [0.05, 0.1) is 0 Å². The van der Waals surface area contributed by atoms with E-state index in [1.165, 1.54) is 38.2 Å². The molecule has 0 amide bonds. The molecule has 33 heavy (non-hydrogen) atoms. The van der Waals surface area contributed by atoms with Crippen LogP contribution in [0, 0.1) is 57.7 Å². The molecule has 2 nitrogen and oxygen atoms in total. The first kappa shape index (κ1) is 34.5. The smallest absolute Gasteiger partial charge is 0.464 e. The van der Waals surface area contributed by atoms with Crippen LogP contribution in [0.3, 0.4) is 0 Å². The predicted molar refractivity (Wildman–Crippen MR) is 141 cm³/mol. The van der Waals surface area contributed by atoms with Gasteiger partial charge in [-0.25, -0.2) is 4.39 Å². The second kappa shape index (κ2) is 15.4. The van der Waals surface area contributed by atoms with E-state index < -0.39 is 0 Å². The summed E-state index contributed by atoms with van der Waals surface area (Å²) in [5, 5.41) is 10.3. The second-order valence-corrected chi connectivity index (χ2v) is 10.0. The first-order chi connectivity index (χ1) is 13.8. The molecule has 2 fully saturated rings. The molecule has 1 heterocycles. The minimum absolute atomic E-state index is 0. The maximum atomic E-state index is 13.8. The topological polar surface area (TPSA) is 25.5 Å². The molecule has 2 aliphatic carbocycles. The number of halogens is 1. The zero-order valence-electron chi connectivity index (χ0n) is 22.6. The molecule has 186 valence electrons. The quantitative estimate of drug-likeness (QED) is 0.285. The van der Waals surface area contributed by atoms with E-state index in [0.717, 1.165) is 48.0 Å². The summed E-state index contributed by atoms with van der Waals surface area (Å²) in [6, 6.07) is 5.43. The van der Waals surface area contributed by atoms with Gasteiger partial charge in [-0.05, 0) is 53.8 Å². The van der Waals surface area contributed by atoms with Gasteiger partial charge < -0.3 is 32.6 Å².